The normalized spacial score (nSPS) is 12.8. The molecule has 0 aliphatic heterocycles. The van der Waals surface area contributed by atoms with Gasteiger partial charge in [-0.3, -0.25) is 4.79 Å². The Kier molecular flexibility index (Phi) is 11.4. The van der Waals surface area contributed by atoms with Crippen molar-refractivity contribution < 1.29 is 19.5 Å². The summed E-state index contributed by atoms with van der Waals surface area (Å²) in [6.07, 6.45) is 2.70. The molecule has 162 valence electrons. The zero-order chi connectivity index (χ0) is 21.6. The van der Waals surface area contributed by atoms with Crippen LogP contribution in [0.1, 0.15) is 45.1 Å². The highest BCUT2D eigenvalue weighted by molar-refractivity contribution is 5.89. The van der Waals surface area contributed by atoms with Crippen LogP contribution >= 0.6 is 0 Å². The monoisotopic (exact) mass is 406 g/mol. The fraction of sp³-hybridized carbons (Fsp3) is 0.571. The first-order valence-electron chi connectivity index (χ1n) is 10.1. The number of hydrogen-bond acceptors (Lipinski definition) is 4. The van der Waals surface area contributed by atoms with Crippen LogP contribution in [0.2, 0.25) is 0 Å². The molecule has 1 rings (SSSR count). The van der Waals surface area contributed by atoms with Gasteiger partial charge < -0.3 is 26.8 Å². The standard InChI is InChI=1S/C21H34N4O4/c1-15(2)11-13-23-19(26)18(14-16-8-4-3-5-9-16)25-21(29)24-17(20(27)28)10-6-7-12-22/h3-5,8-9,15,17-18H,6-7,10-14,22H2,1-2H3,(H,23,26)(H,27,28)(H2,24,25,29)/t17?,18-/m1/s1. The van der Waals surface area contributed by atoms with E-state index in [1.165, 1.54) is 0 Å². The summed E-state index contributed by atoms with van der Waals surface area (Å²) in [7, 11) is 0. The van der Waals surface area contributed by atoms with Crippen LogP contribution in [0.15, 0.2) is 30.3 Å². The van der Waals surface area contributed by atoms with Crippen molar-refractivity contribution in [3.05, 3.63) is 35.9 Å². The van der Waals surface area contributed by atoms with Crippen molar-refractivity contribution in [2.45, 2.75) is 58.0 Å². The molecule has 0 bridgehead atoms. The van der Waals surface area contributed by atoms with Crippen molar-refractivity contribution in [2.24, 2.45) is 11.7 Å². The minimum atomic E-state index is -1.11. The van der Waals surface area contributed by atoms with Gasteiger partial charge in [0, 0.05) is 13.0 Å². The van der Waals surface area contributed by atoms with Gasteiger partial charge in [0.25, 0.3) is 0 Å². The van der Waals surface area contributed by atoms with Crippen molar-refractivity contribution in [1.29, 1.82) is 0 Å². The Hall–Kier alpha value is -2.61. The number of carbonyl (C=O) groups is 3. The van der Waals surface area contributed by atoms with Crippen LogP contribution < -0.4 is 21.7 Å². The summed E-state index contributed by atoms with van der Waals surface area (Å²) < 4.78 is 0. The van der Waals surface area contributed by atoms with Gasteiger partial charge >= 0.3 is 12.0 Å². The molecule has 0 aliphatic rings. The third kappa shape index (κ3) is 10.5. The molecule has 1 aromatic rings. The number of carboxylic acids is 1. The van der Waals surface area contributed by atoms with E-state index in [9.17, 15) is 19.5 Å². The van der Waals surface area contributed by atoms with Crippen LogP contribution in [0.5, 0.6) is 0 Å². The quantitative estimate of drug-likeness (QED) is 0.318. The van der Waals surface area contributed by atoms with E-state index in [4.69, 9.17) is 5.73 Å². The fourth-order valence-corrected chi connectivity index (χ4v) is 2.77. The molecule has 8 nitrogen and oxygen atoms in total. The van der Waals surface area contributed by atoms with Crippen molar-refractivity contribution in [2.75, 3.05) is 13.1 Å². The van der Waals surface area contributed by atoms with Gasteiger partial charge in [-0.15, -0.1) is 0 Å². The van der Waals surface area contributed by atoms with Crippen LogP contribution in [0.4, 0.5) is 4.79 Å². The molecule has 1 aromatic carbocycles. The topological polar surface area (TPSA) is 134 Å². The van der Waals surface area contributed by atoms with Crippen LogP contribution in [0, 0.1) is 5.92 Å². The SMILES string of the molecule is CC(C)CCNC(=O)[C@@H](Cc1ccccc1)NC(=O)NC(CCCCN)C(=O)O. The highest BCUT2D eigenvalue weighted by atomic mass is 16.4. The average Bonchev–Trinajstić information content (AvgIpc) is 2.67. The van der Waals surface area contributed by atoms with Crippen LogP contribution in [0.3, 0.4) is 0 Å². The predicted octanol–water partition coefficient (Wildman–Crippen LogP) is 1.64. The van der Waals surface area contributed by atoms with Gasteiger partial charge in [-0.25, -0.2) is 9.59 Å². The summed E-state index contributed by atoms with van der Waals surface area (Å²) in [5, 5.41) is 17.2. The van der Waals surface area contributed by atoms with Gasteiger partial charge in [0.15, 0.2) is 0 Å². The van der Waals surface area contributed by atoms with Crippen molar-refractivity contribution in [1.82, 2.24) is 16.0 Å². The first-order chi connectivity index (χ1) is 13.8. The number of rotatable bonds is 13. The lowest BCUT2D eigenvalue weighted by Gasteiger charge is -2.21. The van der Waals surface area contributed by atoms with E-state index in [1.807, 2.05) is 30.3 Å². The molecule has 0 aliphatic carbocycles. The predicted molar refractivity (Wildman–Crippen MR) is 112 cm³/mol. The number of urea groups is 1. The van der Waals surface area contributed by atoms with Gasteiger partial charge in [-0.05, 0) is 43.7 Å². The molecule has 1 unspecified atom stereocenters. The molecule has 0 radical (unpaired) electrons. The lowest BCUT2D eigenvalue weighted by atomic mass is 10.0. The number of nitrogens with two attached hydrogens (primary N) is 1. The van der Waals surface area contributed by atoms with Crippen molar-refractivity contribution in [3.8, 4) is 0 Å². The summed E-state index contributed by atoms with van der Waals surface area (Å²) in [5.74, 6) is -0.957. The van der Waals surface area contributed by atoms with E-state index in [0.29, 0.717) is 38.3 Å². The van der Waals surface area contributed by atoms with Crippen molar-refractivity contribution >= 4 is 17.9 Å². The average molecular weight is 407 g/mol. The van der Waals surface area contributed by atoms with Crippen LogP contribution in [0.25, 0.3) is 0 Å². The zero-order valence-electron chi connectivity index (χ0n) is 17.3. The van der Waals surface area contributed by atoms with E-state index >= 15 is 0 Å². The third-order valence-electron chi connectivity index (χ3n) is 4.48. The summed E-state index contributed by atoms with van der Waals surface area (Å²) >= 11 is 0. The molecule has 0 fully saturated rings. The molecular weight excluding hydrogens is 372 g/mol. The second-order valence-corrected chi connectivity index (χ2v) is 7.51. The Balaban J connectivity index is 2.73. The molecular formula is C21H34N4O4. The highest BCUT2D eigenvalue weighted by Gasteiger charge is 2.24. The number of carboxylic acid groups (broad SMARTS) is 1. The van der Waals surface area contributed by atoms with Crippen LogP contribution in [-0.4, -0.2) is 48.2 Å². The Morgan fingerprint density at radius 2 is 1.66 bits per heavy atom. The first-order valence-corrected chi connectivity index (χ1v) is 10.1. The first kappa shape index (κ1) is 24.4. The largest absolute Gasteiger partial charge is 0.480 e. The Morgan fingerprint density at radius 3 is 2.24 bits per heavy atom. The van der Waals surface area contributed by atoms with E-state index in [1.54, 1.807) is 0 Å². The Morgan fingerprint density at radius 1 is 1.00 bits per heavy atom. The maximum absolute atomic E-state index is 12.6. The second-order valence-electron chi connectivity index (χ2n) is 7.51. The smallest absolute Gasteiger partial charge is 0.326 e. The minimum Gasteiger partial charge on any atom is -0.480 e. The van der Waals surface area contributed by atoms with Crippen molar-refractivity contribution in [3.63, 3.8) is 0 Å². The summed E-state index contributed by atoms with van der Waals surface area (Å²) in [5.41, 5.74) is 6.33. The zero-order valence-corrected chi connectivity index (χ0v) is 17.3. The number of amides is 3. The fourth-order valence-electron chi connectivity index (χ4n) is 2.77. The molecule has 29 heavy (non-hydrogen) atoms. The van der Waals surface area contributed by atoms with Gasteiger partial charge in [-0.1, -0.05) is 44.2 Å². The number of benzene rings is 1. The third-order valence-corrected chi connectivity index (χ3v) is 4.48. The molecule has 0 heterocycles. The second kappa shape index (κ2) is 13.5. The number of unbranched alkanes of at least 4 members (excludes halogenated alkanes) is 1. The number of aliphatic carboxylic acids is 1. The summed E-state index contributed by atoms with van der Waals surface area (Å²) in [6, 6.07) is 6.85. The van der Waals surface area contributed by atoms with E-state index in [-0.39, 0.29) is 12.3 Å². The number of nitrogens with one attached hydrogen (secondary N) is 3. The molecule has 8 heteroatoms. The van der Waals surface area contributed by atoms with Gasteiger partial charge in [-0.2, -0.15) is 0 Å². The Bertz CT molecular complexity index is 637. The van der Waals surface area contributed by atoms with E-state index in [2.05, 4.69) is 29.8 Å². The molecule has 0 aromatic heterocycles. The molecule has 0 spiro atoms. The Labute approximate surface area is 172 Å². The van der Waals surface area contributed by atoms with Gasteiger partial charge in [0.2, 0.25) is 5.91 Å². The van der Waals surface area contributed by atoms with Crippen LogP contribution in [-0.2, 0) is 16.0 Å². The lowest BCUT2D eigenvalue weighted by Crippen LogP contribution is -2.54. The number of carbonyl (C=O) groups excluding carboxylic acids is 2. The molecule has 0 saturated carbocycles. The summed E-state index contributed by atoms with van der Waals surface area (Å²) in [4.78, 5) is 36.4. The van der Waals surface area contributed by atoms with Gasteiger partial charge in [0.05, 0.1) is 0 Å². The highest BCUT2D eigenvalue weighted by Crippen LogP contribution is 2.05. The van der Waals surface area contributed by atoms with E-state index in [0.717, 1.165) is 12.0 Å². The molecule has 3 amide bonds. The summed E-state index contributed by atoms with van der Waals surface area (Å²) in [6.45, 7) is 5.11. The molecule has 2 atom stereocenters. The van der Waals surface area contributed by atoms with E-state index < -0.39 is 24.1 Å². The molecule has 6 N–H and O–H groups in total. The maximum Gasteiger partial charge on any atom is 0.326 e. The van der Waals surface area contributed by atoms with Gasteiger partial charge in [0.1, 0.15) is 12.1 Å². The minimum absolute atomic E-state index is 0.282. The number of hydrogen-bond donors (Lipinski definition) is 5. The lowest BCUT2D eigenvalue weighted by molar-refractivity contribution is -0.139. The molecule has 0 saturated heterocycles. The maximum atomic E-state index is 12.6.